The Labute approximate surface area is 163 Å². The highest BCUT2D eigenvalue weighted by Gasteiger charge is 2.29. The molecule has 1 aliphatic rings. The predicted octanol–water partition coefficient (Wildman–Crippen LogP) is 3.03. The molecule has 0 unspecified atom stereocenters. The first-order chi connectivity index (χ1) is 13.7. The first-order valence-corrected chi connectivity index (χ1v) is 9.49. The highest BCUT2D eigenvalue weighted by Crippen LogP contribution is 2.29. The Kier molecular flexibility index (Phi) is 5.14. The van der Waals surface area contributed by atoms with Crippen LogP contribution in [0.25, 0.3) is 0 Å². The Balaban J connectivity index is 1.46. The van der Waals surface area contributed by atoms with Gasteiger partial charge in [0.05, 0.1) is 19.2 Å². The minimum atomic E-state index is 0.00509. The molecule has 0 radical (unpaired) electrons. The number of nitrogens with zero attached hydrogens (tertiary/aromatic N) is 4. The average Bonchev–Trinajstić information content (AvgIpc) is 3.37. The van der Waals surface area contributed by atoms with Crippen LogP contribution in [0.5, 0.6) is 5.75 Å². The maximum Gasteiger partial charge on any atom is 0.272 e. The number of methoxy groups -OCH3 is 1. The molecule has 1 aliphatic heterocycles. The number of likely N-dealkylation sites (tertiary alicyclic amines) is 1. The lowest BCUT2D eigenvalue weighted by Crippen LogP contribution is -2.40. The summed E-state index contributed by atoms with van der Waals surface area (Å²) in [7, 11) is 3.45. The number of benzene rings is 1. The van der Waals surface area contributed by atoms with Crippen molar-refractivity contribution in [3.05, 3.63) is 65.6 Å². The average molecular weight is 380 g/mol. The van der Waals surface area contributed by atoms with E-state index in [0.717, 1.165) is 36.5 Å². The molecule has 1 fully saturated rings. The van der Waals surface area contributed by atoms with Crippen LogP contribution in [0.4, 0.5) is 0 Å². The second-order valence-electron chi connectivity index (χ2n) is 7.08. The van der Waals surface area contributed by atoms with Gasteiger partial charge in [-0.15, -0.1) is 0 Å². The summed E-state index contributed by atoms with van der Waals surface area (Å²) in [5.41, 5.74) is 1.66. The fourth-order valence-electron chi connectivity index (χ4n) is 3.74. The number of amides is 1. The molecule has 146 valence electrons. The normalized spacial score (nSPS) is 16.9. The molecule has 0 N–H and O–H groups in total. The Bertz CT molecular complexity index is 962. The molecular formula is C21H24N4O3. The summed E-state index contributed by atoms with van der Waals surface area (Å²) >= 11 is 0. The minimum Gasteiger partial charge on any atom is -0.496 e. The largest absolute Gasteiger partial charge is 0.496 e. The molecular weight excluding hydrogens is 356 g/mol. The van der Waals surface area contributed by atoms with Gasteiger partial charge in [0, 0.05) is 38.3 Å². The molecule has 7 nitrogen and oxygen atoms in total. The van der Waals surface area contributed by atoms with E-state index in [-0.39, 0.29) is 11.8 Å². The number of ether oxygens (including phenoxy) is 1. The third-order valence-corrected chi connectivity index (χ3v) is 5.23. The molecule has 1 atom stereocenters. The van der Waals surface area contributed by atoms with Gasteiger partial charge in [-0.05, 0) is 25.0 Å². The molecule has 0 saturated carbocycles. The van der Waals surface area contributed by atoms with E-state index >= 15 is 0 Å². The Morgan fingerprint density at radius 3 is 2.96 bits per heavy atom. The molecule has 7 heteroatoms. The van der Waals surface area contributed by atoms with Gasteiger partial charge in [0.15, 0.2) is 5.89 Å². The van der Waals surface area contributed by atoms with Crippen molar-refractivity contribution in [2.75, 3.05) is 20.2 Å². The van der Waals surface area contributed by atoms with Crippen molar-refractivity contribution in [1.29, 1.82) is 0 Å². The molecule has 3 heterocycles. The van der Waals surface area contributed by atoms with Crippen LogP contribution < -0.4 is 4.74 Å². The van der Waals surface area contributed by atoms with Crippen LogP contribution in [-0.2, 0) is 13.5 Å². The second-order valence-corrected chi connectivity index (χ2v) is 7.08. The van der Waals surface area contributed by atoms with Gasteiger partial charge in [0.2, 0.25) is 0 Å². The summed E-state index contributed by atoms with van der Waals surface area (Å²) in [5.74, 6) is 2.45. The van der Waals surface area contributed by atoms with E-state index in [2.05, 4.69) is 10.1 Å². The summed E-state index contributed by atoms with van der Waals surface area (Å²) in [6.45, 7) is 1.36. The number of para-hydroxylation sites is 1. The van der Waals surface area contributed by atoms with E-state index < -0.39 is 0 Å². The third kappa shape index (κ3) is 3.65. The number of rotatable bonds is 5. The number of piperidine rings is 1. The number of aryl methyl sites for hydroxylation is 1. The van der Waals surface area contributed by atoms with Gasteiger partial charge in [0.25, 0.3) is 5.91 Å². The Morgan fingerprint density at radius 2 is 2.18 bits per heavy atom. The zero-order valence-corrected chi connectivity index (χ0v) is 16.2. The molecule has 0 aliphatic carbocycles. The zero-order chi connectivity index (χ0) is 19.5. The number of aromatic nitrogens is 3. The van der Waals surface area contributed by atoms with Crippen LogP contribution in [0.15, 0.2) is 47.1 Å². The van der Waals surface area contributed by atoms with Crippen LogP contribution in [-0.4, -0.2) is 45.8 Å². The molecule has 2 aromatic heterocycles. The third-order valence-electron chi connectivity index (χ3n) is 5.23. The van der Waals surface area contributed by atoms with Crippen LogP contribution in [0.2, 0.25) is 0 Å². The van der Waals surface area contributed by atoms with Gasteiger partial charge in [0.1, 0.15) is 17.2 Å². The van der Waals surface area contributed by atoms with Gasteiger partial charge >= 0.3 is 0 Å². The molecule has 3 aromatic rings. The number of hydrogen-bond donors (Lipinski definition) is 0. The number of carbonyl (C=O) groups excluding carboxylic acids is 1. The lowest BCUT2D eigenvalue weighted by Gasteiger charge is -2.31. The minimum absolute atomic E-state index is 0.00509. The number of hydrogen-bond acceptors (Lipinski definition) is 5. The van der Waals surface area contributed by atoms with Crippen molar-refractivity contribution in [3.8, 4) is 5.75 Å². The standard InChI is InChI=1S/C21H24N4O3/c1-24-18(9-10-23-24)21(26)25-11-5-7-16(14-25)20-22-13-17(28-20)12-15-6-3-4-8-19(15)27-2/h3-4,6,8-10,13,16H,5,7,11-12,14H2,1-2H3/t16-/m1/s1. The molecule has 1 aromatic carbocycles. The maximum absolute atomic E-state index is 12.8. The lowest BCUT2D eigenvalue weighted by molar-refractivity contribution is 0.0686. The van der Waals surface area contributed by atoms with Crippen molar-refractivity contribution >= 4 is 5.91 Å². The zero-order valence-electron chi connectivity index (χ0n) is 16.2. The number of carbonyl (C=O) groups is 1. The fourth-order valence-corrected chi connectivity index (χ4v) is 3.74. The monoisotopic (exact) mass is 380 g/mol. The quantitative estimate of drug-likeness (QED) is 0.680. The van der Waals surface area contributed by atoms with E-state index in [4.69, 9.17) is 9.15 Å². The van der Waals surface area contributed by atoms with Crippen LogP contribution in [0.1, 0.15) is 46.5 Å². The van der Waals surface area contributed by atoms with Crippen molar-refractivity contribution in [3.63, 3.8) is 0 Å². The van der Waals surface area contributed by atoms with E-state index in [1.807, 2.05) is 29.2 Å². The molecule has 28 heavy (non-hydrogen) atoms. The van der Waals surface area contributed by atoms with Crippen molar-refractivity contribution < 1.29 is 13.9 Å². The second kappa shape index (κ2) is 7.88. The van der Waals surface area contributed by atoms with Crippen LogP contribution >= 0.6 is 0 Å². The fraction of sp³-hybridized carbons (Fsp3) is 0.381. The van der Waals surface area contributed by atoms with E-state index in [1.54, 1.807) is 37.3 Å². The van der Waals surface area contributed by atoms with Crippen molar-refractivity contribution in [2.24, 2.45) is 7.05 Å². The predicted molar refractivity (Wildman–Crippen MR) is 103 cm³/mol. The Morgan fingerprint density at radius 1 is 1.32 bits per heavy atom. The molecule has 0 bridgehead atoms. The van der Waals surface area contributed by atoms with E-state index in [1.165, 1.54) is 0 Å². The highest BCUT2D eigenvalue weighted by atomic mass is 16.5. The van der Waals surface area contributed by atoms with Gasteiger partial charge in [-0.1, -0.05) is 18.2 Å². The topological polar surface area (TPSA) is 73.4 Å². The summed E-state index contributed by atoms with van der Waals surface area (Å²) < 4.78 is 13.1. The summed E-state index contributed by atoms with van der Waals surface area (Å²) in [4.78, 5) is 19.1. The van der Waals surface area contributed by atoms with E-state index in [0.29, 0.717) is 24.6 Å². The highest BCUT2D eigenvalue weighted by molar-refractivity contribution is 5.92. The number of oxazole rings is 1. The molecule has 1 amide bonds. The van der Waals surface area contributed by atoms with Crippen molar-refractivity contribution in [2.45, 2.75) is 25.2 Å². The smallest absolute Gasteiger partial charge is 0.272 e. The maximum atomic E-state index is 12.8. The van der Waals surface area contributed by atoms with Gasteiger partial charge in [-0.25, -0.2) is 4.98 Å². The first-order valence-electron chi connectivity index (χ1n) is 9.49. The summed E-state index contributed by atoms with van der Waals surface area (Å²) in [6, 6.07) is 9.65. The SMILES string of the molecule is COc1ccccc1Cc1cnc([C@@H]2CCCN(C(=O)c3ccnn3C)C2)o1. The molecule has 1 saturated heterocycles. The Hall–Kier alpha value is -3.09. The van der Waals surface area contributed by atoms with Crippen LogP contribution in [0, 0.1) is 0 Å². The van der Waals surface area contributed by atoms with Gasteiger partial charge in [-0.2, -0.15) is 5.10 Å². The van der Waals surface area contributed by atoms with Gasteiger partial charge < -0.3 is 14.1 Å². The van der Waals surface area contributed by atoms with Gasteiger partial charge in [-0.3, -0.25) is 9.48 Å². The van der Waals surface area contributed by atoms with Crippen molar-refractivity contribution in [1.82, 2.24) is 19.7 Å². The van der Waals surface area contributed by atoms with E-state index in [9.17, 15) is 4.79 Å². The first kappa shape index (κ1) is 18.3. The lowest BCUT2D eigenvalue weighted by atomic mass is 9.97. The molecule has 0 spiro atoms. The van der Waals surface area contributed by atoms with Crippen LogP contribution in [0.3, 0.4) is 0 Å². The summed E-state index contributed by atoms with van der Waals surface area (Å²) in [6.07, 6.45) is 5.94. The molecule has 4 rings (SSSR count). The summed E-state index contributed by atoms with van der Waals surface area (Å²) in [5, 5.41) is 4.10.